The summed E-state index contributed by atoms with van der Waals surface area (Å²) in [5.74, 6) is 1.24. The summed E-state index contributed by atoms with van der Waals surface area (Å²) in [4.78, 5) is -0.264. The molecule has 1 aromatic carbocycles. The number of rotatable bonds is 5. The summed E-state index contributed by atoms with van der Waals surface area (Å²) in [6.07, 6.45) is 7.50. The second-order valence-corrected chi connectivity index (χ2v) is 10.8. The summed E-state index contributed by atoms with van der Waals surface area (Å²) in [6.45, 7) is 2.10. The summed E-state index contributed by atoms with van der Waals surface area (Å²) < 4.78 is 50.6. The van der Waals surface area contributed by atoms with Crippen molar-refractivity contribution >= 4 is 38.6 Å². The predicted octanol–water partition coefficient (Wildman–Crippen LogP) is 3.09. The van der Waals surface area contributed by atoms with E-state index in [9.17, 15) is 17.7 Å². The molecule has 0 spiro atoms. The fourth-order valence-electron chi connectivity index (χ4n) is 3.25. The van der Waals surface area contributed by atoms with Gasteiger partial charge in [-0.25, -0.2) is 16.9 Å². The number of furan rings is 1. The number of hydrogen-bond donors (Lipinski definition) is 3. The average Bonchev–Trinajstić information content (AvgIpc) is 3.52. The van der Waals surface area contributed by atoms with Gasteiger partial charge in [0, 0.05) is 14.1 Å². The molecule has 2 aliphatic rings. The van der Waals surface area contributed by atoms with E-state index in [0.29, 0.717) is 5.76 Å². The van der Waals surface area contributed by atoms with Crippen LogP contribution in [0.1, 0.15) is 43.6 Å². The molecule has 1 atom stereocenters. The number of benzene rings is 1. The fourth-order valence-corrected chi connectivity index (χ4v) is 4.89. The molecule has 2 aromatic rings. The van der Waals surface area contributed by atoms with Crippen molar-refractivity contribution in [1.29, 1.82) is 0 Å². The van der Waals surface area contributed by atoms with Crippen LogP contribution in [0.3, 0.4) is 0 Å². The maximum atomic E-state index is 12.3. The number of amidine groups is 2. The lowest BCUT2D eigenvalue weighted by Crippen LogP contribution is -2.33. The smallest absolute Gasteiger partial charge is 0.269 e. The highest BCUT2D eigenvalue weighted by atomic mass is 32.2. The number of sulfonamides is 1. The van der Waals surface area contributed by atoms with Crippen LogP contribution in [-0.4, -0.2) is 47.8 Å². The molecule has 1 aromatic heterocycles. The van der Waals surface area contributed by atoms with Gasteiger partial charge < -0.3 is 20.2 Å². The summed E-state index contributed by atoms with van der Waals surface area (Å²) in [6, 6.07) is 7.84. The molecule has 2 heterocycles. The van der Waals surface area contributed by atoms with Gasteiger partial charge in [-0.2, -0.15) is 0 Å². The van der Waals surface area contributed by atoms with Gasteiger partial charge in [0.15, 0.2) is 17.4 Å². The molecule has 33 heavy (non-hydrogen) atoms. The number of anilines is 1. The number of aryl methyl sites for hydroxylation is 1. The molecule has 3 N–H and O–H groups in total. The second-order valence-electron chi connectivity index (χ2n) is 7.81. The highest BCUT2D eigenvalue weighted by Crippen LogP contribution is 2.32. The first kappa shape index (κ1) is 24.9. The number of phenolic OH excluding ortho intramolecular Hbond substituents is 1. The molecular weight excluding hydrogens is 466 g/mol. The van der Waals surface area contributed by atoms with Crippen LogP contribution in [0.25, 0.3) is 0 Å². The zero-order valence-electron chi connectivity index (χ0n) is 18.9. The Labute approximate surface area is 196 Å². The quantitative estimate of drug-likeness (QED) is 0.542. The van der Waals surface area contributed by atoms with Crippen LogP contribution >= 0.6 is 0 Å². The first-order valence-electron chi connectivity index (χ1n) is 10.6. The zero-order chi connectivity index (χ0) is 24.0. The Balaban J connectivity index is 0.000000541. The lowest BCUT2D eigenvalue weighted by molar-refractivity contribution is 0.455. The third kappa shape index (κ3) is 6.42. The van der Waals surface area contributed by atoms with Crippen molar-refractivity contribution in [2.24, 2.45) is 8.80 Å². The molecule has 1 saturated carbocycles. The van der Waals surface area contributed by atoms with Crippen LogP contribution in [0.15, 0.2) is 48.4 Å². The topological polar surface area (TPSA) is 137 Å². The van der Waals surface area contributed by atoms with E-state index in [1.165, 1.54) is 64.4 Å². The largest absolute Gasteiger partial charge is 0.504 e. The van der Waals surface area contributed by atoms with Crippen molar-refractivity contribution in [1.82, 2.24) is 9.62 Å². The van der Waals surface area contributed by atoms with Gasteiger partial charge in [-0.15, -0.1) is 8.80 Å². The van der Waals surface area contributed by atoms with Gasteiger partial charge >= 0.3 is 0 Å². The highest BCUT2D eigenvalue weighted by molar-refractivity contribution is 7.89. The molecule has 10 nitrogen and oxygen atoms in total. The van der Waals surface area contributed by atoms with Crippen LogP contribution in [0.5, 0.6) is 5.75 Å². The third-order valence-corrected chi connectivity index (χ3v) is 7.57. The van der Waals surface area contributed by atoms with E-state index in [-0.39, 0.29) is 28.8 Å². The molecule has 0 amide bonds. The van der Waals surface area contributed by atoms with Crippen LogP contribution < -0.4 is 10.6 Å². The Morgan fingerprint density at radius 3 is 2.27 bits per heavy atom. The predicted molar refractivity (Wildman–Crippen MR) is 129 cm³/mol. The van der Waals surface area contributed by atoms with E-state index in [0.717, 1.165) is 10.1 Å². The monoisotopic (exact) mass is 495 g/mol. The Morgan fingerprint density at radius 2 is 1.70 bits per heavy atom. The number of aromatic hydroxyl groups is 1. The zero-order valence-corrected chi connectivity index (χ0v) is 20.5. The van der Waals surface area contributed by atoms with E-state index < -0.39 is 26.9 Å². The van der Waals surface area contributed by atoms with Crippen molar-refractivity contribution in [2.45, 2.75) is 50.5 Å². The maximum absolute atomic E-state index is 12.3. The standard InChI is InChI=1S/C16H19N5O5S2.C5H10/c1-10-7-8-11(26-10)9-17-15-16(20-27(23)19-15)18-12-5-4-6-13(14(12)22)28(24,25)21(2)3;1-2-4-5-3-1/h4-8,22H,9H2,1-3H3,(H,17,19)(H,18,20);1-5H2. The van der Waals surface area contributed by atoms with Crippen LogP contribution in [0, 0.1) is 6.92 Å². The van der Waals surface area contributed by atoms with Gasteiger partial charge in [-0.05, 0) is 31.2 Å². The van der Waals surface area contributed by atoms with Crippen LogP contribution in [0.2, 0.25) is 0 Å². The first-order chi connectivity index (χ1) is 15.7. The lowest BCUT2D eigenvalue weighted by Gasteiger charge is -2.15. The van der Waals surface area contributed by atoms with Crippen molar-refractivity contribution in [3.05, 3.63) is 41.9 Å². The van der Waals surface area contributed by atoms with Crippen LogP contribution in [0.4, 0.5) is 5.69 Å². The molecule has 1 fully saturated rings. The van der Waals surface area contributed by atoms with Gasteiger partial charge in [-0.1, -0.05) is 38.2 Å². The van der Waals surface area contributed by atoms with Crippen molar-refractivity contribution in [2.75, 3.05) is 19.4 Å². The molecule has 0 bridgehead atoms. The summed E-state index contributed by atoms with van der Waals surface area (Å²) in [5, 5.41) is 16.2. The molecule has 1 aliphatic carbocycles. The molecule has 0 saturated heterocycles. The van der Waals surface area contributed by atoms with Gasteiger partial charge in [0.2, 0.25) is 10.0 Å². The van der Waals surface area contributed by atoms with E-state index in [4.69, 9.17) is 4.42 Å². The number of nitrogens with zero attached hydrogens (tertiary/aromatic N) is 3. The third-order valence-electron chi connectivity index (χ3n) is 5.05. The normalized spacial score (nSPS) is 17.9. The summed E-state index contributed by atoms with van der Waals surface area (Å²) in [7, 11) is -1.12. The Hall–Kier alpha value is -2.70. The van der Waals surface area contributed by atoms with E-state index in [1.54, 1.807) is 6.07 Å². The Bertz CT molecular complexity index is 1160. The minimum absolute atomic E-state index is 0.0870. The van der Waals surface area contributed by atoms with Crippen molar-refractivity contribution in [3.63, 3.8) is 0 Å². The average molecular weight is 496 g/mol. The number of nitrogens with one attached hydrogen (secondary N) is 2. The molecule has 180 valence electrons. The van der Waals surface area contributed by atoms with Gasteiger partial charge in [0.25, 0.3) is 11.2 Å². The Morgan fingerprint density at radius 1 is 1.06 bits per heavy atom. The second kappa shape index (κ2) is 10.9. The minimum Gasteiger partial charge on any atom is -0.504 e. The van der Waals surface area contributed by atoms with Gasteiger partial charge in [-0.3, -0.25) is 0 Å². The molecule has 12 heteroatoms. The molecule has 1 unspecified atom stereocenters. The molecular formula is C21H29N5O5S2. The SMILES string of the molecule is C1CCCC1.Cc1ccc(CNC2=NS(=O)N=C2Nc2cccc(S(=O)(=O)N(C)C)c2O)o1. The van der Waals surface area contributed by atoms with Crippen molar-refractivity contribution < 1.29 is 22.2 Å². The van der Waals surface area contributed by atoms with Crippen LogP contribution in [-0.2, 0) is 27.7 Å². The summed E-state index contributed by atoms with van der Waals surface area (Å²) >= 11 is -1.83. The molecule has 0 radical (unpaired) electrons. The van der Waals surface area contributed by atoms with E-state index >= 15 is 0 Å². The van der Waals surface area contributed by atoms with E-state index in [1.807, 2.05) is 13.0 Å². The van der Waals surface area contributed by atoms with Gasteiger partial charge in [0.05, 0.1) is 12.2 Å². The molecule has 1 aliphatic heterocycles. The lowest BCUT2D eigenvalue weighted by atomic mass is 10.3. The summed E-state index contributed by atoms with van der Waals surface area (Å²) in [5.41, 5.74) is 0.0870. The number of phenols is 1. The van der Waals surface area contributed by atoms with Crippen molar-refractivity contribution in [3.8, 4) is 5.75 Å². The minimum atomic E-state index is -3.85. The van der Waals surface area contributed by atoms with Gasteiger partial charge in [0.1, 0.15) is 16.4 Å². The number of hydrogen-bond acceptors (Lipinski definition) is 7. The number of para-hydroxylation sites is 1. The first-order valence-corrected chi connectivity index (χ1v) is 13.1. The Kier molecular flexibility index (Phi) is 8.27. The highest BCUT2D eigenvalue weighted by Gasteiger charge is 2.25. The van der Waals surface area contributed by atoms with E-state index in [2.05, 4.69) is 19.4 Å². The fraction of sp³-hybridized carbons (Fsp3) is 0.429. The maximum Gasteiger partial charge on any atom is 0.269 e. The molecule has 4 rings (SSSR count).